The van der Waals surface area contributed by atoms with Crippen LogP contribution in [0.3, 0.4) is 0 Å². The van der Waals surface area contributed by atoms with Gasteiger partial charge in [0, 0.05) is 17.6 Å². The minimum Gasteiger partial charge on any atom is -0.349 e. The molecule has 1 fully saturated rings. The van der Waals surface area contributed by atoms with Crippen LogP contribution in [0.25, 0.3) is 0 Å². The Morgan fingerprint density at radius 2 is 2.33 bits per heavy atom. The molecule has 3 rings (SSSR count). The number of aromatic nitrogens is 1. The van der Waals surface area contributed by atoms with Gasteiger partial charge in [0.15, 0.2) is 0 Å². The SMILES string of the molecule is N#Cc1ccc(N2CCC[C@@H]2c2cccs2)nc1. The fourth-order valence-corrected chi connectivity index (χ4v) is 3.31. The van der Waals surface area contributed by atoms with E-state index in [0.717, 1.165) is 12.4 Å². The van der Waals surface area contributed by atoms with Gasteiger partial charge in [0.1, 0.15) is 11.9 Å². The molecule has 18 heavy (non-hydrogen) atoms. The second kappa shape index (κ2) is 4.79. The zero-order valence-corrected chi connectivity index (χ0v) is 10.7. The molecule has 1 aliphatic heterocycles. The lowest BCUT2D eigenvalue weighted by Crippen LogP contribution is -2.22. The van der Waals surface area contributed by atoms with Crippen LogP contribution in [-0.4, -0.2) is 11.5 Å². The van der Waals surface area contributed by atoms with Gasteiger partial charge in [-0.05, 0) is 36.4 Å². The van der Waals surface area contributed by atoms with E-state index in [4.69, 9.17) is 5.26 Å². The van der Waals surface area contributed by atoms with Crippen LogP contribution in [0.4, 0.5) is 5.82 Å². The lowest BCUT2D eigenvalue weighted by molar-refractivity contribution is 0.725. The maximum absolute atomic E-state index is 8.79. The van der Waals surface area contributed by atoms with Crippen molar-refractivity contribution in [3.8, 4) is 6.07 Å². The number of rotatable bonds is 2. The molecule has 0 spiro atoms. The second-order valence-corrected chi connectivity index (χ2v) is 5.36. The third kappa shape index (κ3) is 1.98. The molecule has 1 saturated heterocycles. The van der Waals surface area contributed by atoms with E-state index >= 15 is 0 Å². The summed E-state index contributed by atoms with van der Waals surface area (Å²) in [7, 11) is 0. The van der Waals surface area contributed by atoms with E-state index in [2.05, 4.69) is 33.5 Å². The fourth-order valence-electron chi connectivity index (χ4n) is 2.44. The molecule has 0 N–H and O–H groups in total. The molecule has 0 bridgehead atoms. The highest BCUT2D eigenvalue weighted by atomic mass is 32.1. The van der Waals surface area contributed by atoms with E-state index in [1.54, 1.807) is 17.5 Å². The number of hydrogen-bond acceptors (Lipinski definition) is 4. The zero-order chi connectivity index (χ0) is 12.4. The summed E-state index contributed by atoms with van der Waals surface area (Å²) in [6, 6.07) is 10.6. The normalized spacial score (nSPS) is 18.8. The van der Waals surface area contributed by atoms with E-state index in [0.29, 0.717) is 11.6 Å². The molecule has 2 aromatic heterocycles. The number of pyridine rings is 1. The van der Waals surface area contributed by atoms with Crippen LogP contribution in [0.1, 0.15) is 29.3 Å². The molecule has 3 nitrogen and oxygen atoms in total. The number of thiophene rings is 1. The predicted octanol–water partition coefficient (Wildman–Crippen LogP) is 3.36. The minimum absolute atomic E-state index is 0.449. The Hall–Kier alpha value is -1.86. The summed E-state index contributed by atoms with van der Waals surface area (Å²) in [6.45, 7) is 1.04. The molecule has 2 aromatic rings. The van der Waals surface area contributed by atoms with Crippen molar-refractivity contribution in [3.63, 3.8) is 0 Å². The summed E-state index contributed by atoms with van der Waals surface area (Å²) < 4.78 is 0. The van der Waals surface area contributed by atoms with Crippen molar-refractivity contribution < 1.29 is 0 Å². The van der Waals surface area contributed by atoms with E-state index in [-0.39, 0.29) is 0 Å². The number of nitriles is 1. The van der Waals surface area contributed by atoms with E-state index in [1.165, 1.54) is 17.7 Å². The van der Waals surface area contributed by atoms with Crippen LogP contribution < -0.4 is 4.90 Å². The summed E-state index contributed by atoms with van der Waals surface area (Å²) >= 11 is 1.80. The zero-order valence-electron chi connectivity index (χ0n) is 9.91. The average molecular weight is 255 g/mol. The Balaban J connectivity index is 1.88. The summed E-state index contributed by atoms with van der Waals surface area (Å²) in [5.74, 6) is 0.977. The first-order valence-electron chi connectivity index (χ1n) is 6.04. The van der Waals surface area contributed by atoms with Gasteiger partial charge in [-0.2, -0.15) is 5.26 Å². The Labute approximate surface area is 110 Å². The number of anilines is 1. The van der Waals surface area contributed by atoms with Crippen LogP contribution >= 0.6 is 11.3 Å². The van der Waals surface area contributed by atoms with Gasteiger partial charge in [0.05, 0.1) is 11.6 Å². The summed E-state index contributed by atoms with van der Waals surface area (Å²) in [4.78, 5) is 8.14. The molecule has 0 unspecified atom stereocenters. The van der Waals surface area contributed by atoms with Gasteiger partial charge in [0.2, 0.25) is 0 Å². The van der Waals surface area contributed by atoms with Crippen molar-refractivity contribution in [2.75, 3.05) is 11.4 Å². The first-order chi connectivity index (χ1) is 8.88. The van der Waals surface area contributed by atoms with Gasteiger partial charge in [-0.25, -0.2) is 4.98 Å². The molecule has 0 aromatic carbocycles. The van der Waals surface area contributed by atoms with Crippen LogP contribution in [0.5, 0.6) is 0 Å². The molecule has 1 aliphatic rings. The standard InChI is InChI=1S/C14H13N3S/c15-9-11-5-6-14(16-10-11)17-7-1-3-12(17)13-4-2-8-18-13/h2,4-6,8,10,12H,1,3,7H2/t12-/m1/s1. The van der Waals surface area contributed by atoms with Crippen LogP contribution in [0, 0.1) is 11.3 Å². The van der Waals surface area contributed by atoms with Gasteiger partial charge in [-0.3, -0.25) is 0 Å². The van der Waals surface area contributed by atoms with Crippen molar-refractivity contribution in [1.82, 2.24) is 4.98 Å². The van der Waals surface area contributed by atoms with Gasteiger partial charge < -0.3 is 4.90 Å². The molecule has 3 heterocycles. The highest BCUT2D eigenvalue weighted by molar-refractivity contribution is 7.10. The quantitative estimate of drug-likeness (QED) is 0.826. The monoisotopic (exact) mass is 255 g/mol. The maximum atomic E-state index is 8.79. The van der Waals surface area contributed by atoms with E-state index < -0.39 is 0 Å². The van der Waals surface area contributed by atoms with Gasteiger partial charge in [-0.1, -0.05) is 6.07 Å². The molecule has 4 heteroatoms. The molecule has 0 radical (unpaired) electrons. The first kappa shape index (κ1) is 11.2. The first-order valence-corrected chi connectivity index (χ1v) is 6.92. The van der Waals surface area contributed by atoms with Crippen LogP contribution in [0.2, 0.25) is 0 Å². The van der Waals surface area contributed by atoms with Crippen molar-refractivity contribution >= 4 is 17.2 Å². The molecule has 1 atom stereocenters. The van der Waals surface area contributed by atoms with Gasteiger partial charge in [-0.15, -0.1) is 11.3 Å². The summed E-state index contributed by atoms with van der Waals surface area (Å²) in [5.41, 5.74) is 0.616. The maximum Gasteiger partial charge on any atom is 0.129 e. The number of hydrogen-bond donors (Lipinski definition) is 0. The van der Waals surface area contributed by atoms with Crippen LogP contribution in [-0.2, 0) is 0 Å². The van der Waals surface area contributed by atoms with Crippen molar-refractivity contribution in [2.24, 2.45) is 0 Å². The third-order valence-electron chi connectivity index (χ3n) is 3.30. The van der Waals surface area contributed by atoms with Crippen molar-refractivity contribution in [2.45, 2.75) is 18.9 Å². The Bertz CT molecular complexity index is 554. The van der Waals surface area contributed by atoms with Crippen molar-refractivity contribution in [3.05, 3.63) is 46.3 Å². The van der Waals surface area contributed by atoms with E-state index in [1.807, 2.05) is 12.1 Å². The predicted molar refractivity (Wildman–Crippen MR) is 72.6 cm³/mol. The topological polar surface area (TPSA) is 39.9 Å². The second-order valence-electron chi connectivity index (χ2n) is 4.38. The fraction of sp³-hybridized carbons (Fsp3) is 0.286. The van der Waals surface area contributed by atoms with E-state index in [9.17, 15) is 0 Å². The lowest BCUT2D eigenvalue weighted by atomic mass is 10.2. The largest absolute Gasteiger partial charge is 0.349 e. The highest BCUT2D eigenvalue weighted by Crippen LogP contribution is 2.36. The number of nitrogens with zero attached hydrogens (tertiary/aromatic N) is 3. The molecule has 90 valence electrons. The summed E-state index contributed by atoms with van der Waals surface area (Å²) in [5, 5.41) is 10.9. The molecule has 0 saturated carbocycles. The van der Waals surface area contributed by atoms with Crippen molar-refractivity contribution in [1.29, 1.82) is 5.26 Å². The highest BCUT2D eigenvalue weighted by Gasteiger charge is 2.27. The minimum atomic E-state index is 0.449. The molecular formula is C14H13N3S. The molecule has 0 aliphatic carbocycles. The molecular weight excluding hydrogens is 242 g/mol. The Morgan fingerprint density at radius 1 is 1.39 bits per heavy atom. The smallest absolute Gasteiger partial charge is 0.129 e. The van der Waals surface area contributed by atoms with Crippen LogP contribution in [0.15, 0.2) is 35.8 Å². The lowest BCUT2D eigenvalue weighted by Gasteiger charge is -2.24. The molecule has 0 amide bonds. The Kier molecular flexibility index (Phi) is 2.99. The summed E-state index contributed by atoms with van der Waals surface area (Å²) in [6.07, 6.45) is 4.03. The van der Waals surface area contributed by atoms with Gasteiger partial charge in [0.25, 0.3) is 0 Å². The Morgan fingerprint density at radius 3 is 3.00 bits per heavy atom. The van der Waals surface area contributed by atoms with Gasteiger partial charge >= 0.3 is 0 Å². The average Bonchev–Trinajstić information content (AvgIpc) is 3.09. The third-order valence-corrected chi connectivity index (χ3v) is 4.27.